The van der Waals surface area contributed by atoms with Crippen molar-refractivity contribution in [1.29, 1.82) is 0 Å². The number of carbonyl (C=O) groups excluding carboxylic acids is 3. The molecule has 0 atom stereocenters. The molecular formula is C21H31N3O4. The van der Waals surface area contributed by atoms with Gasteiger partial charge in [-0.3, -0.25) is 9.59 Å². The summed E-state index contributed by atoms with van der Waals surface area (Å²) in [6.07, 6.45) is 1.89. The lowest BCUT2D eigenvalue weighted by atomic mass is 9.90. The molecule has 1 aromatic carbocycles. The third kappa shape index (κ3) is 5.47. The van der Waals surface area contributed by atoms with Crippen molar-refractivity contribution in [3.63, 3.8) is 0 Å². The largest absolute Gasteiger partial charge is 0.450 e. The van der Waals surface area contributed by atoms with Crippen molar-refractivity contribution >= 4 is 23.6 Å². The maximum atomic E-state index is 12.7. The molecule has 0 aliphatic carbocycles. The van der Waals surface area contributed by atoms with Crippen LogP contribution in [0.2, 0.25) is 0 Å². The molecule has 0 bridgehead atoms. The summed E-state index contributed by atoms with van der Waals surface area (Å²) >= 11 is 0. The number of anilines is 1. The second-order valence-corrected chi connectivity index (χ2v) is 7.56. The Balaban J connectivity index is 1.87. The summed E-state index contributed by atoms with van der Waals surface area (Å²) in [7, 11) is 0. The lowest BCUT2D eigenvalue weighted by molar-refractivity contribution is -0.139. The first-order valence-electron chi connectivity index (χ1n) is 9.91. The highest BCUT2D eigenvalue weighted by atomic mass is 16.6. The summed E-state index contributed by atoms with van der Waals surface area (Å²) in [6.45, 7) is 8.48. The zero-order valence-corrected chi connectivity index (χ0v) is 17.2. The van der Waals surface area contributed by atoms with Crippen molar-refractivity contribution < 1.29 is 19.1 Å². The number of nitrogens with one attached hydrogen (secondary N) is 2. The molecule has 1 saturated heterocycles. The van der Waals surface area contributed by atoms with Crippen LogP contribution in [0.3, 0.4) is 0 Å². The highest BCUT2D eigenvalue weighted by Crippen LogP contribution is 2.21. The molecular weight excluding hydrogens is 358 g/mol. The monoisotopic (exact) mass is 389 g/mol. The van der Waals surface area contributed by atoms with E-state index in [9.17, 15) is 14.4 Å². The van der Waals surface area contributed by atoms with E-state index in [1.165, 1.54) is 5.56 Å². The van der Waals surface area contributed by atoms with Crippen LogP contribution < -0.4 is 10.6 Å². The minimum Gasteiger partial charge on any atom is -0.450 e. The average Bonchev–Trinajstić information content (AvgIpc) is 2.69. The fourth-order valence-corrected chi connectivity index (χ4v) is 3.00. The lowest BCUT2D eigenvalue weighted by Gasteiger charge is -2.33. The maximum Gasteiger partial charge on any atom is 0.409 e. The van der Waals surface area contributed by atoms with Crippen molar-refractivity contribution in [2.75, 3.05) is 25.0 Å². The number of nitrogens with zero attached hydrogens (tertiary/aromatic N) is 1. The fraction of sp³-hybridized carbons (Fsp3) is 0.571. The zero-order valence-electron chi connectivity index (χ0n) is 17.2. The summed E-state index contributed by atoms with van der Waals surface area (Å²) < 4.78 is 5.00. The number of ether oxygens (including phenoxy) is 1. The number of carbonyl (C=O) groups is 3. The van der Waals surface area contributed by atoms with Crippen LogP contribution in [0, 0.1) is 5.41 Å². The summed E-state index contributed by atoms with van der Waals surface area (Å²) in [6, 6.07) is 7.54. The molecule has 1 fully saturated rings. The second kappa shape index (κ2) is 9.57. The summed E-state index contributed by atoms with van der Waals surface area (Å²) in [4.78, 5) is 38.7. The van der Waals surface area contributed by atoms with E-state index in [0.717, 1.165) is 6.42 Å². The molecule has 2 rings (SSSR count). The minimum absolute atomic E-state index is 0.0610. The van der Waals surface area contributed by atoms with Crippen molar-refractivity contribution in [1.82, 2.24) is 10.2 Å². The van der Waals surface area contributed by atoms with Gasteiger partial charge in [-0.25, -0.2) is 4.79 Å². The van der Waals surface area contributed by atoms with E-state index in [-0.39, 0.29) is 23.9 Å². The van der Waals surface area contributed by atoms with Crippen LogP contribution in [0.25, 0.3) is 0 Å². The van der Waals surface area contributed by atoms with Crippen LogP contribution in [0.15, 0.2) is 24.3 Å². The molecule has 3 amide bonds. The van der Waals surface area contributed by atoms with Crippen LogP contribution in [0.4, 0.5) is 10.5 Å². The molecule has 1 aliphatic heterocycles. The molecule has 28 heavy (non-hydrogen) atoms. The van der Waals surface area contributed by atoms with E-state index in [2.05, 4.69) is 17.6 Å². The number of likely N-dealkylation sites (tertiary alicyclic amines) is 1. The first kappa shape index (κ1) is 21.7. The number of piperidine rings is 1. The van der Waals surface area contributed by atoms with Crippen molar-refractivity contribution in [3.05, 3.63) is 29.8 Å². The average molecular weight is 389 g/mol. The predicted octanol–water partition coefficient (Wildman–Crippen LogP) is 2.95. The smallest absolute Gasteiger partial charge is 0.409 e. The van der Waals surface area contributed by atoms with Crippen LogP contribution >= 0.6 is 0 Å². The van der Waals surface area contributed by atoms with Gasteiger partial charge in [0.2, 0.25) is 11.8 Å². The highest BCUT2D eigenvalue weighted by molar-refractivity contribution is 6.09. The molecule has 1 aliphatic rings. The molecule has 0 radical (unpaired) electrons. The Morgan fingerprint density at radius 1 is 1.07 bits per heavy atom. The normalized spacial score (nSPS) is 15.1. The first-order valence-corrected chi connectivity index (χ1v) is 9.91. The van der Waals surface area contributed by atoms with Gasteiger partial charge in [0.05, 0.1) is 6.61 Å². The van der Waals surface area contributed by atoms with Crippen molar-refractivity contribution in [2.24, 2.45) is 5.41 Å². The Labute approximate surface area is 166 Å². The van der Waals surface area contributed by atoms with E-state index in [4.69, 9.17) is 4.74 Å². The number of aryl methyl sites for hydroxylation is 1. The van der Waals surface area contributed by atoms with Gasteiger partial charge in [0.1, 0.15) is 5.41 Å². The Morgan fingerprint density at radius 2 is 1.68 bits per heavy atom. The van der Waals surface area contributed by atoms with Crippen LogP contribution in [0.1, 0.15) is 46.1 Å². The molecule has 1 aromatic rings. The Morgan fingerprint density at radius 3 is 2.21 bits per heavy atom. The van der Waals surface area contributed by atoms with Crippen LogP contribution in [-0.2, 0) is 20.7 Å². The Hall–Kier alpha value is -2.57. The summed E-state index contributed by atoms with van der Waals surface area (Å²) in [5.74, 6) is -0.664. The third-order valence-corrected chi connectivity index (χ3v) is 5.11. The molecule has 0 saturated carbocycles. The minimum atomic E-state index is -1.21. The summed E-state index contributed by atoms with van der Waals surface area (Å²) in [5, 5.41) is 5.78. The van der Waals surface area contributed by atoms with E-state index in [1.807, 2.05) is 24.3 Å². The first-order chi connectivity index (χ1) is 13.3. The maximum absolute atomic E-state index is 12.7. The van der Waals surface area contributed by atoms with Gasteiger partial charge in [0.15, 0.2) is 0 Å². The molecule has 0 unspecified atom stereocenters. The topological polar surface area (TPSA) is 87.7 Å². The van der Waals surface area contributed by atoms with E-state index in [0.29, 0.717) is 38.2 Å². The van der Waals surface area contributed by atoms with E-state index in [1.54, 1.807) is 25.7 Å². The van der Waals surface area contributed by atoms with Gasteiger partial charge in [0.25, 0.3) is 0 Å². The number of benzene rings is 1. The third-order valence-electron chi connectivity index (χ3n) is 5.11. The van der Waals surface area contributed by atoms with Gasteiger partial charge in [-0.1, -0.05) is 19.1 Å². The van der Waals surface area contributed by atoms with Crippen molar-refractivity contribution in [2.45, 2.75) is 53.0 Å². The lowest BCUT2D eigenvalue weighted by Crippen LogP contribution is -2.52. The second-order valence-electron chi connectivity index (χ2n) is 7.56. The fourth-order valence-electron chi connectivity index (χ4n) is 3.00. The Bertz CT molecular complexity index is 692. The molecule has 7 nitrogen and oxygen atoms in total. The SMILES string of the molecule is CCOC(=O)N1CCC(NC(=O)C(C)(C)C(=O)Nc2ccc(CC)cc2)CC1. The highest BCUT2D eigenvalue weighted by Gasteiger charge is 2.37. The van der Waals surface area contributed by atoms with Gasteiger partial charge in [-0.2, -0.15) is 0 Å². The quantitative estimate of drug-likeness (QED) is 0.732. The molecule has 1 heterocycles. The molecule has 2 N–H and O–H groups in total. The number of hydrogen-bond acceptors (Lipinski definition) is 4. The zero-order chi connectivity index (χ0) is 20.7. The van der Waals surface area contributed by atoms with Gasteiger partial charge >= 0.3 is 6.09 Å². The van der Waals surface area contributed by atoms with Crippen molar-refractivity contribution in [3.8, 4) is 0 Å². The Kier molecular flexibility index (Phi) is 7.43. The van der Waals surface area contributed by atoms with Gasteiger partial charge < -0.3 is 20.3 Å². The number of hydrogen-bond donors (Lipinski definition) is 2. The number of amides is 3. The van der Waals surface area contributed by atoms with Gasteiger partial charge in [-0.05, 0) is 57.7 Å². The van der Waals surface area contributed by atoms with E-state index >= 15 is 0 Å². The summed E-state index contributed by atoms with van der Waals surface area (Å²) in [5.41, 5.74) is 0.650. The standard InChI is InChI=1S/C21H31N3O4/c1-5-15-7-9-16(10-8-15)22-18(25)21(3,4)19(26)23-17-11-13-24(14-12-17)20(27)28-6-2/h7-10,17H,5-6,11-14H2,1-4H3,(H,22,25)(H,23,26). The van der Waals surface area contributed by atoms with Crippen LogP contribution in [0.5, 0.6) is 0 Å². The predicted molar refractivity (Wildman–Crippen MR) is 108 cm³/mol. The van der Waals surface area contributed by atoms with Gasteiger partial charge in [-0.15, -0.1) is 0 Å². The number of rotatable bonds is 6. The molecule has 0 aromatic heterocycles. The van der Waals surface area contributed by atoms with E-state index < -0.39 is 5.41 Å². The molecule has 7 heteroatoms. The van der Waals surface area contributed by atoms with Crippen LogP contribution in [-0.4, -0.2) is 48.5 Å². The molecule has 154 valence electrons. The molecule has 0 spiro atoms. The van der Waals surface area contributed by atoms with Gasteiger partial charge in [0, 0.05) is 24.8 Å².